The molecule has 1 amide bonds. The van der Waals surface area contributed by atoms with Gasteiger partial charge in [-0.05, 0) is 50.7 Å². The van der Waals surface area contributed by atoms with E-state index in [0.29, 0.717) is 34.2 Å². The van der Waals surface area contributed by atoms with E-state index in [2.05, 4.69) is 30.3 Å². The molecule has 33 heavy (non-hydrogen) atoms. The van der Waals surface area contributed by atoms with Crippen molar-refractivity contribution in [1.82, 2.24) is 20.6 Å². The second-order valence-corrected chi connectivity index (χ2v) is 9.50. The lowest BCUT2D eigenvalue weighted by Gasteiger charge is -2.33. The normalized spacial score (nSPS) is 26.5. The molecule has 1 aromatic heterocycles. The molecule has 2 bridgehead atoms. The van der Waals surface area contributed by atoms with Crippen LogP contribution in [-0.2, 0) is 0 Å². The number of carbonyl (C=O) groups is 1. The molecule has 1 aliphatic carbocycles. The van der Waals surface area contributed by atoms with Crippen LogP contribution in [0.25, 0.3) is 4.85 Å². The Morgan fingerprint density at radius 2 is 1.88 bits per heavy atom. The fraction of sp³-hybridized carbons (Fsp3) is 0.500. The number of nitrogens with one attached hydrogen (secondary N) is 2. The number of anilines is 1. The highest BCUT2D eigenvalue weighted by molar-refractivity contribution is 6.33. The van der Waals surface area contributed by atoms with E-state index >= 15 is 0 Å². The third-order valence-electron chi connectivity index (χ3n) is 6.76. The number of aromatic nitrogens is 2. The predicted octanol–water partition coefficient (Wildman–Crippen LogP) is 3.74. The van der Waals surface area contributed by atoms with Gasteiger partial charge in [0.2, 0.25) is 5.69 Å². The summed E-state index contributed by atoms with van der Waals surface area (Å²) in [4.78, 5) is 27.2. The average molecular weight is 467 g/mol. The molecule has 2 atom stereocenters. The third kappa shape index (κ3) is 5.05. The molecule has 0 radical (unpaired) electrons. The minimum absolute atomic E-state index is 0.0708. The summed E-state index contributed by atoms with van der Waals surface area (Å²) < 4.78 is 6.03. The first-order chi connectivity index (χ1) is 16.1. The van der Waals surface area contributed by atoms with E-state index in [1.54, 1.807) is 30.6 Å². The van der Waals surface area contributed by atoms with Crippen molar-refractivity contribution >= 4 is 29.0 Å². The van der Waals surface area contributed by atoms with E-state index in [-0.39, 0.29) is 18.1 Å². The van der Waals surface area contributed by atoms with Crippen molar-refractivity contribution in [2.75, 3.05) is 18.0 Å². The summed E-state index contributed by atoms with van der Waals surface area (Å²) in [6.45, 7) is 8.96. The van der Waals surface area contributed by atoms with Gasteiger partial charge < -0.3 is 20.3 Å². The van der Waals surface area contributed by atoms with Crippen LogP contribution in [0, 0.1) is 6.57 Å². The lowest BCUT2D eigenvalue weighted by molar-refractivity contribution is 0.0888. The molecule has 0 unspecified atom stereocenters. The zero-order valence-electron chi connectivity index (χ0n) is 18.3. The van der Waals surface area contributed by atoms with Crippen molar-refractivity contribution < 1.29 is 9.53 Å². The van der Waals surface area contributed by atoms with Gasteiger partial charge in [-0.1, -0.05) is 17.7 Å². The van der Waals surface area contributed by atoms with Crippen molar-refractivity contribution in [2.24, 2.45) is 0 Å². The molecule has 5 rings (SSSR count). The Balaban J connectivity index is 1.10. The summed E-state index contributed by atoms with van der Waals surface area (Å²) in [6, 6.07) is 6.30. The van der Waals surface area contributed by atoms with Crippen LogP contribution in [0.15, 0.2) is 30.6 Å². The lowest BCUT2D eigenvalue weighted by Crippen LogP contribution is -2.51. The molecule has 0 spiro atoms. The Kier molecular flexibility index (Phi) is 6.34. The van der Waals surface area contributed by atoms with Gasteiger partial charge in [0.05, 0.1) is 30.1 Å². The fourth-order valence-electron chi connectivity index (χ4n) is 5.01. The monoisotopic (exact) mass is 466 g/mol. The topological polar surface area (TPSA) is 83.7 Å². The molecule has 3 aliphatic rings. The van der Waals surface area contributed by atoms with Crippen molar-refractivity contribution in [3.05, 3.63) is 52.7 Å². The van der Waals surface area contributed by atoms with Gasteiger partial charge in [-0.15, -0.1) is 0 Å². The molecule has 3 heterocycles. The van der Waals surface area contributed by atoms with Crippen molar-refractivity contribution in [3.8, 4) is 5.75 Å². The standard InChI is InChI=1S/C24H27ClN6O2/c1-26-21-9-8-19(10-20(21)25)33-18-6-4-15(5-7-18)30-24(32)22-11-28-23(12-27-22)31-13-16-2-3-17(14-31)29-16/h8-12,15-18,29H,2-7,13-14H2,(H,30,32)/t15?,16-,17+,18?. The van der Waals surface area contributed by atoms with Crippen LogP contribution in [-0.4, -0.2) is 53.2 Å². The number of piperazine rings is 1. The summed E-state index contributed by atoms with van der Waals surface area (Å²) in [7, 11) is 0. The number of fused-ring (bicyclic) bond motifs is 2. The van der Waals surface area contributed by atoms with Crippen LogP contribution in [0.3, 0.4) is 0 Å². The zero-order valence-corrected chi connectivity index (χ0v) is 19.1. The van der Waals surface area contributed by atoms with E-state index in [0.717, 1.165) is 44.6 Å². The highest BCUT2D eigenvalue weighted by Crippen LogP contribution is 2.31. The highest BCUT2D eigenvalue weighted by Gasteiger charge is 2.33. The molecule has 3 fully saturated rings. The Hall–Kier alpha value is -2.89. The van der Waals surface area contributed by atoms with Gasteiger partial charge in [-0.25, -0.2) is 14.8 Å². The van der Waals surface area contributed by atoms with E-state index < -0.39 is 0 Å². The van der Waals surface area contributed by atoms with E-state index in [1.165, 1.54) is 12.8 Å². The Morgan fingerprint density at radius 3 is 2.52 bits per heavy atom. The summed E-state index contributed by atoms with van der Waals surface area (Å²) >= 11 is 6.10. The van der Waals surface area contributed by atoms with Gasteiger partial charge in [0.15, 0.2) is 0 Å². The zero-order chi connectivity index (χ0) is 22.8. The van der Waals surface area contributed by atoms with Gasteiger partial charge in [0.25, 0.3) is 5.91 Å². The van der Waals surface area contributed by atoms with Crippen LogP contribution in [0.1, 0.15) is 49.0 Å². The fourth-order valence-corrected chi connectivity index (χ4v) is 5.23. The van der Waals surface area contributed by atoms with Crippen molar-refractivity contribution in [3.63, 3.8) is 0 Å². The molecule has 2 N–H and O–H groups in total. The van der Waals surface area contributed by atoms with Crippen LogP contribution in [0.5, 0.6) is 5.75 Å². The maximum atomic E-state index is 12.7. The maximum absolute atomic E-state index is 12.7. The number of nitrogens with zero attached hydrogens (tertiary/aromatic N) is 4. The summed E-state index contributed by atoms with van der Waals surface area (Å²) in [5.41, 5.74) is 0.774. The Labute approximate surface area is 198 Å². The minimum Gasteiger partial charge on any atom is -0.490 e. The lowest BCUT2D eigenvalue weighted by atomic mass is 9.93. The number of halogens is 1. The first-order valence-electron chi connectivity index (χ1n) is 11.5. The van der Waals surface area contributed by atoms with Gasteiger partial charge >= 0.3 is 0 Å². The van der Waals surface area contributed by atoms with Gasteiger partial charge in [-0.3, -0.25) is 4.79 Å². The Morgan fingerprint density at radius 1 is 1.12 bits per heavy atom. The molecule has 2 aromatic rings. The second kappa shape index (κ2) is 9.54. The average Bonchev–Trinajstić information content (AvgIpc) is 3.18. The number of carbonyl (C=O) groups excluding carboxylic acids is 1. The number of amides is 1. The molecule has 2 saturated heterocycles. The second-order valence-electron chi connectivity index (χ2n) is 9.09. The van der Waals surface area contributed by atoms with Crippen LogP contribution >= 0.6 is 11.6 Å². The molecule has 1 aromatic carbocycles. The predicted molar refractivity (Wildman–Crippen MR) is 126 cm³/mol. The molecule has 8 nitrogen and oxygen atoms in total. The van der Waals surface area contributed by atoms with E-state index in [4.69, 9.17) is 22.9 Å². The van der Waals surface area contributed by atoms with Crippen LogP contribution < -0.4 is 20.3 Å². The van der Waals surface area contributed by atoms with E-state index in [9.17, 15) is 4.79 Å². The highest BCUT2D eigenvalue weighted by atomic mass is 35.5. The van der Waals surface area contributed by atoms with Crippen LogP contribution in [0.2, 0.25) is 5.02 Å². The summed E-state index contributed by atoms with van der Waals surface area (Å²) in [5.74, 6) is 1.33. The first kappa shape index (κ1) is 21.9. The smallest absolute Gasteiger partial charge is 0.271 e. The molecular formula is C24H27ClN6O2. The largest absolute Gasteiger partial charge is 0.490 e. The number of ether oxygens (including phenoxy) is 1. The van der Waals surface area contributed by atoms with Crippen LogP contribution in [0.4, 0.5) is 11.5 Å². The number of rotatable bonds is 5. The quantitative estimate of drug-likeness (QED) is 0.653. The van der Waals surface area contributed by atoms with Crippen molar-refractivity contribution in [1.29, 1.82) is 0 Å². The minimum atomic E-state index is -0.180. The summed E-state index contributed by atoms with van der Waals surface area (Å²) in [6.07, 6.45) is 9.14. The first-order valence-corrected chi connectivity index (χ1v) is 11.9. The van der Waals surface area contributed by atoms with Gasteiger partial charge in [0.1, 0.15) is 17.3 Å². The number of hydrogen-bond acceptors (Lipinski definition) is 6. The molecule has 1 saturated carbocycles. The molecule has 172 valence electrons. The SMILES string of the molecule is [C-]#[N+]c1ccc(OC2CCC(NC(=O)c3cnc(N4C[C@H]5CC[C@@H](C4)N5)cn3)CC2)cc1Cl. The third-order valence-corrected chi connectivity index (χ3v) is 7.07. The maximum Gasteiger partial charge on any atom is 0.271 e. The molecule has 9 heteroatoms. The Bertz CT molecular complexity index is 1040. The molecule has 2 aliphatic heterocycles. The van der Waals surface area contributed by atoms with Gasteiger partial charge in [0, 0.05) is 31.2 Å². The summed E-state index contributed by atoms with van der Waals surface area (Å²) in [5, 5.41) is 7.10. The molecular weight excluding hydrogens is 440 g/mol. The number of hydrogen-bond donors (Lipinski definition) is 2. The number of benzene rings is 1. The van der Waals surface area contributed by atoms with Gasteiger partial charge in [-0.2, -0.15) is 0 Å². The van der Waals surface area contributed by atoms with E-state index in [1.807, 2.05) is 0 Å². The van der Waals surface area contributed by atoms with Crippen molar-refractivity contribution in [2.45, 2.75) is 62.8 Å².